The maximum Gasteiger partial charge on any atom is 0.238 e. The van der Waals surface area contributed by atoms with Gasteiger partial charge in [0.05, 0.1) is 4.90 Å². The van der Waals surface area contributed by atoms with Gasteiger partial charge in [0.25, 0.3) is 0 Å². The molecule has 5 nitrogen and oxygen atoms in total. The van der Waals surface area contributed by atoms with E-state index in [-0.39, 0.29) is 10.9 Å². The van der Waals surface area contributed by atoms with Gasteiger partial charge in [0.15, 0.2) is 0 Å². The van der Waals surface area contributed by atoms with Crippen molar-refractivity contribution < 1.29 is 8.42 Å². The maximum atomic E-state index is 11.5. The van der Waals surface area contributed by atoms with Gasteiger partial charge in [-0.2, -0.15) is 0 Å². The number of hydrogen-bond acceptors (Lipinski definition) is 5. The molecule has 0 aromatic heterocycles. The fourth-order valence-electron chi connectivity index (χ4n) is 2.52. The monoisotopic (exact) mass is 393 g/mol. The Morgan fingerprint density at radius 2 is 1.85 bits per heavy atom. The van der Waals surface area contributed by atoms with Gasteiger partial charge in [-0.05, 0) is 69.9 Å². The molecule has 0 aliphatic heterocycles. The fourth-order valence-corrected chi connectivity index (χ4v) is 4.11. The lowest BCUT2D eigenvalue weighted by Crippen LogP contribution is -2.28. The molecule has 0 saturated heterocycles. The smallest absolute Gasteiger partial charge is 0.238 e. The molecule has 3 N–H and O–H groups in total. The lowest BCUT2D eigenvalue weighted by molar-refractivity contribution is 0.391. The first kappa shape index (κ1) is 20.8. The van der Waals surface area contributed by atoms with E-state index in [0.717, 1.165) is 30.0 Å². The summed E-state index contributed by atoms with van der Waals surface area (Å²) >= 11 is 1.82. The van der Waals surface area contributed by atoms with E-state index in [0.29, 0.717) is 0 Å². The van der Waals surface area contributed by atoms with Gasteiger partial charge in [-0.15, -0.1) is 11.8 Å². The number of benzene rings is 2. The Kier molecular flexibility index (Phi) is 7.52. The van der Waals surface area contributed by atoms with Gasteiger partial charge in [-0.1, -0.05) is 18.2 Å². The van der Waals surface area contributed by atoms with E-state index in [4.69, 9.17) is 5.14 Å². The second-order valence-corrected chi connectivity index (χ2v) is 9.23. The molecule has 2 aromatic carbocycles. The van der Waals surface area contributed by atoms with Crippen LogP contribution in [0.3, 0.4) is 0 Å². The Morgan fingerprint density at radius 1 is 1.15 bits per heavy atom. The van der Waals surface area contributed by atoms with E-state index < -0.39 is 10.0 Å². The second kappa shape index (κ2) is 9.41. The molecule has 0 heterocycles. The van der Waals surface area contributed by atoms with Gasteiger partial charge in [-0.3, -0.25) is 0 Å². The summed E-state index contributed by atoms with van der Waals surface area (Å²) < 4.78 is 23.0. The molecule has 7 heteroatoms. The summed E-state index contributed by atoms with van der Waals surface area (Å²) in [5.74, 6) is 0.925. The zero-order valence-electron chi connectivity index (χ0n) is 15.5. The Morgan fingerprint density at radius 3 is 2.42 bits per heavy atom. The predicted molar refractivity (Wildman–Crippen MR) is 110 cm³/mol. The molecule has 0 radical (unpaired) electrons. The number of nitrogens with two attached hydrogens (primary N) is 1. The molecule has 26 heavy (non-hydrogen) atoms. The molecule has 2 rings (SSSR count). The van der Waals surface area contributed by atoms with Crippen molar-refractivity contribution in [2.45, 2.75) is 29.2 Å². The zero-order chi connectivity index (χ0) is 19.2. The van der Waals surface area contributed by atoms with E-state index in [1.807, 2.05) is 36.9 Å². The molecule has 0 unspecified atom stereocenters. The SMILES string of the molecule is Cc1cc(S(N)(=O)=O)ccc1N[C@H](CCN(C)C)CSc1ccccc1. The van der Waals surface area contributed by atoms with Crippen LogP contribution in [0.25, 0.3) is 0 Å². The lowest BCUT2D eigenvalue weighted by Gasteiger charge is -2.23. The molecular weight excluding hydrogens is 366 g/mol. The van der Waals surface area contributed by atoms with E-state index in [1.54, 1.807) is 18.2 Å². The van der Waals surface area contributed by atoms with Crippen LogP contribution in [-0.4, -0.2) is 45.8 Å². The molecular formula is C19H27N3O2S2. The van der Waals surface area contributed by atoms with Crippen molar-refractivity contribution in [1.82, 2.24) is 4.90 Å². The highest BCUT2D eigenvalue weighted by molar-refractivity contribution is 7.99. The highest BCUT2D eigenvalue weighted by atomic mass is 32.2. The zero-order valence-corrected chi connectivity index (χ0v) is 17.1. The summed E-state index contributed by atoms with van der Waals surface area (Å²) in [4.78, 5) is 3.55. The van der Waals surface area contributed by atoms with Crippen LogP contribution in [0.4, 0.5) is 5.69 Å². The molecule has 0 bridgehead atoms. The molecule has 142 valence electrons. The number of sulfonamides is 1. The van der Waals surface area contributed by atoms with E-state index in [9.17, 15) is 8.42 Å². The van der Waals surface area contributed by atoms with E-state index in [2.05, 4.69) is 36.4 Å². The number of nitrogens with zero attached hydrogens (tertiary/aromatic N) is 1. The van der Waals surface area contributed by atoms with E-state index >= 15 is 0 Å². The third-order valence-corrected chi connectivity index (χ3v) is 6.09. The van der Waals surface area contributed by atoms with Crippen LogP contribution in [-0.2, 0) is 10.0 Å². The second-order valence-electron chi connectivity index (χ2n) is 6.58. The number of nitrogens with one attached hydrogen (secondary N) is 1. The summed E-state index contributed by atoms with van der Waals surface area (Å²) in [5, 5.41) is 8.78. The van der Waals surface area contributed by atoms with Crippen LogP contribution in [0.15, 0.2) is 58.3 Å². The maximum absolute atomic E-state index is 11.5. The third-order valence-electron chi connectivity index (χ3n) is 4.01. The Balaban J connectivity index is 2.10. The molecule has 0 spiro atoms. The van der Waals surface area contributed by atoms with Crippen LogP contribution >= 0.6 is 11.8 Å². The molecule has 0 aliphatic rings. The molecule has 0 amide bonds. The van der Waals surface area contributed by atoms with E-state index in [1.165, 1.54) is 4.90 Å². The number of primary sulfonamides is 1. The van der Waals surface area contributed by atoms with Crippen molar-refractivity contribution >= 4 is 27.5 Å². The van der Waals surface area contributed by atoms with Gasteiger partial charge < -0.3 is 10.2 Å². The van der Waals surface area contributed by atoms with Crippen molar-refractivity contribution in [1.29, 1.82) is 0 Å². The Hall–Kier alpha value is -1.54. The fraction of sp³-hybridized carbons (Fsp3) is 0.368. The van der Waals surface area contributed by atoms with Gasteiger partial charge in [0, 0.05) is 22.4 Å². The van der Waals surface area contributed by atoms with Crippen LogP contribution in [0.2, 0.25) is 0 Å². The van der Waals surface area contributed by atoms with Gasteiger partial charge in [0.1, 0.15) is 0 Å². The number of thioether (sulfide) groups is 1. The Labute approximate surface area is 161 Å². The van der Waals surface area contributed by atoms with Gasteiger partial charge >= 0.3 is 0 Å². The first-order valence-corrected chi connectivity index (χ1v) is 11.0. The minimum absolute atomic E-state index is 0.143. The molecule has 0 aliphatic carbocycles. The largest absolute Gasteiger partial charge is 0.381 e. The number of hydrogen-bond donors (Lipinski definition) is 2. The number of aryl methyl sites for hydroxylation is 1. The van der Waals surface area contributed by atoms with Gasteiger partial charge in [0.2, 0.25) is 10.0 Å². The van der Waals surface area contributed by atoms with Crippen molar-refractivity contribution in [3.8, 4) is 0 Å². The topological polar surface area (TPSA) is 75.4 Å². The quantitative estimate of drug-likeness (QED) is 0.640. The summed E-state index contributed by atoms with van der Waals surface area (Å²) in [5.41, 5.74) is 1.81. The third kappa shape index (κ3) is 6.64. The summed E-state index contributed by atoms with van der Waals surface area (Å²) in [6, 6.07) is 15.6. The molecule has 0 fully saturated rings. The lowest BCUT2D eigenvalue weighted by atomic mass is 10.1. The first-order valence-electron chi connectivity index (χ1n) is 8.48. The van der Waals surface area contributed by atoms with Crippen LogP contribution < -0.4 is 10.5 Å². The summed E-state index contributed by atoms with van der Waals surface area (Å²) in [6.07, 6.45) is 0.989. The predicted octanol–water partition coefficient (Wildman–Crippen LogP) is 3.17. The highest BCUT2D eigenvalue weighted by Gasteiger charge is 2.14. The normalized spacial score (nSPS) is 13.0. The Bertz CT molecular complexity index is 809. The van der Waals surface area contributed by atoms with Crippen LogP contribution in [0.5, 0.6) is 0 Å². The van der Waals surface area contributed by atoms with Crippen molar-refractivity contribution in [3.63, 3.8) is 0 Å². The first-order chi connectivity index (χ1) is 12.3. The number of anilines is 1. The van der Waals surface area contributed by atoms with Gasteiger partial charge in [-0.25, -0.2) is 13.6 Å². The average Bonchev–Trinajstić information content (AvgIpc) is 2.58. The minimum Gasteiger partial charge on any atom is -0.381 e. The summed E-state index contributed by atoms with van der Waals surface area (Å²) in [7, 11) is 0.449. The average molecular weight is 394 g/mol. The molecule has 2 aromatic rings. The van der Waals surface area contributed by atoms with Crippen molar-refractivity contribution in [3.05, 3.63) is 54.1 Å². The van der Waals surface area contributed by atoms with Crippen molar-refractivity contribution in [2.75, 3.05) is 31.7 Å². The van der Waals surface area contributed by atoms with Crippen LogP contribution in [0, 0.1) is 6.92 Å². The molecule has 0 saturated carbocycles. The standard InChI is InChI=1S/C19H27N3O2S2/c1-15-13-18(26(20,23)24)9-10-19(15)21-16(11-12-22(2)3)14-25-17-7-5-4-6-8-17/h4-10,13,16,21H,11-12,14H2,1-3H3,(H2,20,23,24)/t16-/m1/s1. The van der Waals surface area contributed by atoms with Crippen molar-refractivity contribution in [2.24, 2.45) is 5.14 Å². The summed E-state index contributed by atoms with van der Waals surface area (Å²) in [6.45, 7) is 2.87. The molecule has 1 atom stereocenters. The number of rotatable bonds is 9. The minimum atomic E-state index is -3.68. The van der Waals surface area contributed by atoms with Crippen LogP contribution in [0.1, 0.15) is 12.0 Å². The highest BCUT2D eigenvalue weighted by Crippen LogP contribution is 2.24.